The number of likely N-dealkylation sites (tertiary alicyclic amines) is 1. The van der Waals surface area contributed by atoms with Gasteiger partial charge in [0.25, 0.3) is 5.91 Å². The standard InChI is InChI=1S/C18H20N2OS/c19-14-10-12-20(13-11-14)18(21)16-8-4-5-9-17(16)22-15-6-2-1-3-7-15/h1-9,14H,10-13,19H2. The minimum atomic E-state index is 0.117. The van der Waals surface area contributed by atoms with Crippen LogP contribution in [0.2, 0.25) is 0 Å². The summed E-state index contributed by atoms with van der Waals surface area (Å²) in [5, 5.41) is 0. The molecule has 3 nitrogen and oxygen atoms in total. The van der Waals surface area contributed by atoms with E-state index < -0.39 is 0 Å². The molecule has 0 saturated carbocycles. The van der Waals surface area contributed by atoms with E-state index in [0.717, 1.165) is 41.3 Å². The number of carbonyl (C=O) groups excluding carboxylic acids is 1. The number of hydrogen-bond donors (Lipinski definition) is 1. The van der Waals surface area contributed by atoms with E-state index in [4.69, 9.17) is 5.73 Å². The summed E-state index contributed by atoms with van der Waals surface area (Å²) in [6.07, 6.45) is 1.78. The zero-order valence-electron chi connectivity index (χ0n) is 12.4. The Hall–Kier alpha value is -1.78. The molecule has 1 fully saturated rings. The molecular weight excluding hydrogens is 292 g/mol. The fraction of sp³-hybridized carbons (Fsp3) is 0.278. The van der Waals surface area contributed by atoms with Crippen LogP contribution in [0.3, 0.4) is 0 Å². The number of amides is 1. The van der Waals surface area contributed by atoms with Crippen LogP contribution in [-0.2, 0) is 0 Å². The Kier molecular flexibility index (Phi) is 4.80. The van der Waals surface area contributed by atoms with Crippen LogP contribution < -0.4 is 5.73 Å². The van der Waals surface area contributed by atoms with E-state index in [2.05, 4.69) is 12.1 Å². The molecule has 22 heavy (non-hydrogen) atoms. The van der Waals surface area contributed by atoms with Gasteiger partial charge in [0.05, 0.1) is 5.56 Å². The maximum atomic E-state index is 12.8. The molecule has 0 unspecified atom stereocenters. The van der Waals surface area contributed by atoms with E-state index in [0.29, 0.717) is 0 Å². The monoisotopic (exact) mass is 312 g/mol. The largest absolute Gasteiger partial charge is 0.338 e. The Morgan fingerprint density at radius 3 is 2.36 bits per heavy atom. The van der Waals surface area contributed by atoms with Crippen molar-refractivity contribution in [1.82, 2.24) is 4.90 Å². The number of rotatable bonds is 3. The molecule has 1 amide bonds. The van der Waals surface area contributed by atoms with E-state index >= 15 is 0 Å². The summed E-state index contributed by atoms with van der Waals surface area (Å²) in [6, 6.07) is 18.2. The summed E-state index contributed by atoms with van der Waals surface area (Å²) >= 11 is 1.63. The molecule has 0 aliphatic carbocycles. The summed E-state index contributed by atoms with van der Waals surface area (Å²) in [4.78, 5) is 16.9. The van der Waals surface area contributed by atoms with Gasteiger partial charge in [0, 0.05) is 28.9 Å². The molecule has 1 saturated heterocycles. The van der Waals surface area contributed by atoms with Gasteiger partial charge in [0.2, 0.25) is 0 Å². The van der Waals surface area contributed by atoms with Gasteiger partial charge >= 0.3 is 0 Å². The first-order chi connectivity index (χ1) is 10.7. The zero-order valence-corrected chi connectivity index (χ0v) is 13.3. The average molecular weight is 312 g/mol. The molecule has 0 spiro atoms. The van der Waals surface area contributed by atoms with Crippen LogP contribution in [0.4, 0.5) is 0 Å². The minimum Gasteiger partial charge on any atom is -0.338 e. The Morgan fingerprint density at radius 2 is 1.64 bits per heavy atom. The van der Waals surface area contributed by atoms with Crippen LogP contribution >= 0.6 is 11.8 Å². The van der Waals surface area contributed by atoms with Crippen LogP contribution in [0, 0.1) is 0 Å². The van der Waals surface area contributed by atoms with E-state index in [-0.39, 0.29) is 11.9 Å². The second-order valence-electron chi connectivity index (χ2n) is 5.54. The van der Waals surface area contributed by atoms with Crippen molar-refractivity contribution in [2.24, 2.45) is 5.73 Å². The fourth-order valence-corrected chi connectivity index (χ4v) is 3.58. The third-order valence-electron chi connectivity index (χ3n) is 3.92. The first-order valence-electron chi connectivity index (χ1n) is 7.61. The second-order valence-corrected chi connectivity index (χ2v) is 6.66. The van der Waals surface area contributed by atoms with Crippen LogP contribution in [-0.4, -0.2) is 29.9 Å². The van der Waals surface area contributed by atoms with Crippen molar-refractivity contribution in [3.8, 4) is 0 Å². The number of benzene rings is 2. The summed E-state index contributed by atoms with van der Waals surface area (Å²) in [6.45, 7) is 1.51. The van der Waals surface area contributed by atoms with Crippen LogP contribution in [0.15, 0.2) is 64.4 Å². The van der Waals surface area contributed by atoms with Crippen molar-refractivity contribution in [2.45, 2.75) is 28.7 Å². The molecule has 0 aromatic heterocycles. The number of carbonyl (C=O) groups is 1. The van der Waals surface area contributed by atoms with E-state index in [1.165, 1.54) is 0 Å². The topological polar surface area (TPSA) is 46.3 Å². The molecule has 2 aromatic carbocycles. The molecule has 4 heteroatoms. The highest BCUT2D eigenvalue weighted by atomic mass is 32.2. The molecule has 0 radical (unpaired) electrons. The molecule has 2 N–H and O–H groups in total. The van der Waals surface area contributed by atoms with Gasteiger partial charge in [-0.2, -0.15) is 0 Å². The fourth-order valence-electron chi connectivity index (χ4n) is 2.62. The lowest BCUT2D eigenvalue weighted by molar-refractivity contribution is 0.0711. The number of piperidine rings is 1. The summed E-state index contributed by atoms with van der Waals surface area (Å²) in [5.41, 5.74) is 6.71. The smallest absolute Gasteiger partial charge is 0.255 e. The van der Waals surface area contributed by atoms with E-state index in [1.54, 1.807) is 11.8 Å². The van der Waals surface area contributed by atoms with Crippen molar-refractivity contribution in [1.29, 1.82) is 0 Å². The quantitative estimate of drug-likeness (QED) is 0.945. The molecule has 114 valence electrons. The lowest BCUT2D eigenvalue weighted by Gasteiger charge is -2.30. The average Bonchev–Trinajstić information content (AvgIpc) is 2.56. The number of nitrogens with zero attached hydrogens (tertiary/aromatic N) is 1. The zero-order chi connectivity index (χ0) is 15.4. The SMILES string of the molecule is NC1CCN(C(=O)c2ccccc2Sc2ccccc2)CC1. The van der Waals surface area contributed by atoms with Gasteiger partial charge in [-0.1, -0.05) is 42.1 Å². The first kappa shape index (κ1) is 15.1. The van der Waals surface area contributed by atoms with Crippen LogP contribution in [0.25, 0.3) is 0 Å². The second kappa shape index (κ2) is 6.99. The Balaban J connectivity index is 1.80. The first-order valence-corrected chi connectivity index (χ1v) is 8.42. The maximum absolute atomic E-state index is 12.8. The van der Waals surface area contributed by atoms with Gasteiger partial charge in [-0.25, -0.2) is 0 Å². The van der Waals surface area contributed by atoms with E-state index in [1.807, 2.05) is 47.4 Å². The predicted molar refractivity (Wildman–Crippen MR) is 90.1 cm³/mol. The highest BCUT2D eigenvalue weighted by Gasteiger charge is 2.23. The van der Waals surface area contributed by atoms with Crippen LogP contribution in [0.5, 0.6) is 0 Å². The van der Waals surface area contributed by atoms with Crippen LogP contribution in [0.1, 0.15) is 23.2 Å². The van der Waals surface area contributed by atoms with Gasteiger partial charge in [-0.3, -0.25) is 4.79 Å². The highest BCUT2D eigenvalue weighted by Crippen LogP contribution is 2.31. The Morgan fingerprint density at radius 1 is 1.00 bits per heavy atom. The summed E-state index contributed by atoms with van der Waals surface area (Å²) < 4.78 is 0. The molecule has 0 bridgehead atoms. The van der Waals surface area contributed by atoms with Crippen molar-refractivity contribution in [2.75, 3.05) is 13.1 Å². The van der Waals surface area contributed by atoms with Crippen molar-refractivity contribution < 1.29 is 4.79 Å². The summed E-state index contributed by atoms with van der Waals surface area (Å²) in [5.74, 6) is 0.117. The third kappa shape index (κ3) is 3.51. The maximum Gasteiger partial charge on any atom is 0.255 e. The molecule has 2 aromatic rings. The predicted octanol–water partition coefficient (Wildman–Crippen LogP) is 3.40. The number of nitrogens with two attached hydrogens (primary N) is 1. The lowest BCUT2D eigenvalue weighted by Crippen LogP contribution is -2.43. The summed E-state index contributed by atoms with van der Waals surface area (Å²) in [7, 11) is 0. The highest BCUT2D eigenvalue weighted by molar-refractivity contribution is 7.99. The number of hydrogen-bond acceptors (Lipinski definition) is 3. The van der Waals surface area contributed by atoms with Crippen molar-refractivity contribution in [3.05, 3.63) is 60.2 Å². The van der Waals surface area contributed by atoms with Crippen molar-refractivity contribution in [3.63, 3.8) is 0 Å². The molecule has 0 atom stereocenters. The van der Waals surface area contributed by atoms with Gasteiger partial charge in [0.1, 0.15) is 0 Å². The molecule has 1 aliphatic heterocycles. The van der Waals surface area contributed by atoms with Gasteiger partial charge in [-0.15, -0.1) is 0 Å². The van der Waals surface area contributed by atoms with Gasteiger partial charge < -0.3 is 10.6 Å². The Labute approximate surface area is 135 Å². The third-order valence-corrected chi connectivity index (χ3v) is 5.00. The molecular formula is C18H20N2OS. The van der Waals surface area contributed by atoms with Gasteiger partial charge in [-0.05, 0) is 37.1 Å². The van der Waals surface area contributed by atoms with Crippen molar-refractivity contribution >= 4 is 17.7 Å². The molecule has 1 aliphatic rings. The van der Waals surface area contributed by atoms with Gasteiger partial charge in [0.15, 0.2) is 0 Å². The molecule has 3 rings (SSSR count). The minimum absolute atomic E-state index is 0.117. The normalized spacial score (nSPS) is 15.8. The lowest BCUT2D eigenvalue weighted by atomic mass is 10.0. The molecule has 1 heterocycles. The Bertz CT molecular complexity index is 637. The van der Waals surface area contributed by atoms with E-state index in [9.17, 15) is 4.79 Å².